The molecule has 0 amide bonds. The van der Waals surface area contributed by atoms with Gasteiger partial charge in [-0.25, -0.2) is 0 Å². The molecule has 2 nitrogen and oxygen atoms in total. The number of rotatable bonds is 4. The predicted molar refractivity (Wildman–Crippen MR) is 58.4 cm³/mol. The van der Waals surface area contributed by atoms with E-state index >= 15 is 0 Å². The van der Waals surface area contributed by atoms with Crippen LogP contribution in [0.3, 0.4) is 0 Å². The first kappa shape index (κ1) is 10.2. The summed E-state index contributed by atoms with van der Waals surface area (Å²) >= 11 is 0. The first-order chi connectivity index (χ1) is 6.95. The molecule has 1 aliphatic heterocycles. The summed E-state index contributed by atoms with van der Waals surface area (Å²) in [5, 5.41) is 3.58. The molecule has 0 aromatic carbocycles. The van der Waals surface area contributed by atoms with Crippen molar-refractivity contribution in [1.82, 2.24) is 5.32 Å². The molecule has 0 radical (unpaired) electrons. The molecular weight excluding hydrogens is 174 g/mol. The molecule has 1 heterocycles. The highest BCUT2D eigenvalue weighted by molar-refractivity contribution is 5.07. The first-order valence-electron chi connectivity index (χ1n) is 5.94. The highest BCUT2D eigenvalue weighted by Gasteiger charge is 2.12. The van der Waals surface area contributed by atoms with Crippen LogP contribution >= 0.6 is 0 Å². The molecule has 0 bridgehead atoms. The zero-order valence-corrected chi connectivity index (χ0v) is 8.93. The molecule has 0 aromatic rings. The molecule has 1 atom stereocenters. The maximum atomic E-state index is 5.43. The Morgan fingerprint density at radius 2 is 2.43 bits per heavy atom. The van der Waals surface area contributed by atoms with Crippen molar-refractivity contribution in [2.24, 2.45) is 0 Å². The third kappa shape index (κ3) is 3.10. The molecule has 2 rings (SSSR count). The molecule has 0 spiro atoms. The summed E-state index contributed by atoms with van der Waals surface area (Å²) in [6.45, 7) is 3.02. The topological polar surface area (TPSA) is 21.3 Å². The second kappa shape index (κ2) is 5.52. The molecule has 0 aromatic heterocycles. The minimum atomic E-state index is 0.616. The van der Waals surface area contributed by atoms with Gasteiger partial charge in [0.2, 0.25) is 0 Å². The minimum Gasteiger partial charge on any atom is -0.380 e. The van der Waals surface area contributed by atoms with E-state index in [1.807, 2.05) is 0 Å². The lowest BCUT2D eigenvalue weighted by molar-refractivity contribution is 0.0707. The monoisotopic (exact) mass is 195 g/mol. The summed E-state index contributed by atoms with van der Waals surface area (Å²) in [6, 6.07) is 0.616. The molecule has 1 saturated heterocycles. The number of hydrogen-bond acceptors (Lipinski definition) is 2. The van der Waals surface area contributed by atoms with E-state index in [4.69, 9.17) is 4.74 Å². The van der Waals surface area contributed by atoms with E-state index in [0.29, 0.717) is 6.04 Å². The summed E-state index contributed by atoms with van der Waals surface area (Å²) in [6.07, 6.45) is 10.2. The second-order valence-corrected chi connectivity index (χ2v) is 4.37. The van der Waals surface area contributed by atoms with Crippen LogP contribution in [0.15, 0.2) is 11.6 Å². The van der Waals surface area contributed by atoms with Gasteiger partial charge in [-0.3, -0.25) is 0 Å². The summed E-state index contributed by atoms with van der Waals surface area (Å²) in [5.41, 5.74) is 1.66. The smallest absolute Gasteiger partial charge is 0.0619 e. The summed E-state index contributed by atoms with van der Waals surface area (Å²) in [5.74, 6) is 0. The Kier molecular flexibility index (Phi) is 4.02. The van der Waals surface area contributed by atoms with E-state index in [2.05, 4.69) is 11.4 Å². The zero-order chi connectivity index (χ0) is 9.64. The average molecular weight is 195 g/mol. The van der Waals surface area contributed by atoms with Crippen LogP contribution in [0.2, 0.25) is 0 Å². The van der Waals surface area contributed by atoms with E-state index in [1.54, 1.807) is 5.57 Å². The molecule has 0 saturated carbocycles. The molecule has 1 unspecified atom stereocenters. The minimum absolute atomic E-state index is 0.616. The van der Waals surface area contributed by atoms with Crippen molar-refractivity contribution in [2.45, 2.75) is 44.6 Å². The van der Waals surface area contributed by atoms with Gasteiger partial charge in [0.15, 0.2) is 0 Å². The van der Waals surface area contributed by atoms with E-state index in [9.17, 15) is 0 Å². The lowest BCUT2D eigenvalue weighted by atomic mass is 10.1. The van der Waals surface area contributed by atoms with Crippen LogP contribution in [0.5, 0.6) is 0 Å². The highest BCUT2D eigenvalue weighted by Crippen LogP contribution is 2.19. The van der Waals surface area contributed by atoms with Crippen LogP contribution in [0.1, 0.15) is 38.5 Å². The maximum absolute atomic E-state index is 5.43. The average Bonchev–Trinajstić information content (AvgIpc) is 2.72. The fourth-order valence-electron chi connectivity index (χ4n) is 2.30. The highest BCUT2D eigenvalue weighted by atomic mass is 16.5. The predicted octanol–water partition coefficient (Wildman–Crippen LogP) is 2.26. The van der Waals surface area contributed by atoms with Crippen LogP contribution in [0.4, 0.5) is 0 Å². The fraction of sp³-hybridized carbons (Fsp3) is 0.833. The Morgan fingerprint density at radius 1 is 1.43 bits per heavy atom. The summed E-state index contributed by atoms with van der Waals surface area (Å²) < 4.78 is 5.43. The van der Waals surface area contributed by atoms with Crippen LogP contribution in [-0.2, 0) is 4.74 Å². The number of ether oxygens (including phenoxy) is 1. The van der Waals surface area contributed by atoms with Gasteiger partial charge in [-0.05, 0) is 45.1 Å². The van der Waals surface area contributed by atoms with Gasteiger partial charge in [0, 0.05) is 12.6 Å². The molecule has 14 heavy (non-hydrogen) atoms. The molecule has 2 heteroatoms. The SMILES string of the molecule is C1=C(CCNC2CCCOC2)CCC1. The van der Waals surface area contributed by atoms with Gasteiger partial charge in [0.1, 0.15) is 0 Å². The van der Waals surface area contributed by atoms with E-state index in [1.165, 1.54) is 38.5 Å². The normalized spacial score (nSPS) is 27.7. The lowest BCUT2D eigenvalue weighted by Gasteiger charge is -2.23. The van der Waals surface area contributed by atoms with Crippen LogP contribution in [0.25, 0.3) is 0 Å². The molecule has 1 aliphatic carbocycles. The van der Waals surface area contributed by atoms with E-state index in [-0.39, 0.29) is 0 Å². The molecule has 80 valence electrons. The van der Waals surface area contributed by atoms with Gasteiger partial charge in [-0.1, -0.05) is 11.6 Å². The summed E-state index contributed by atoms with van der Waals surface area (Å²) in [7, 11) is 0. The number of hydrogen-bond donors (Lipinski definition) is 1. The van der Waals surface area contributed by atoms with Crippen molar-refractivity contribution in [2.75, 3.05) is 19.8 Å². The molecular formula is C12H21NO. The summed E-state index contributed by atoms with van der Waals surface area (Å²) in [4.78, 5) is 0. The molecule has 1 N–H and O–H groups in total. The van der Waals surface area contributed by atoms with Gasteiger partial charge in [0.05, 0.1) is 6.61 Å². The van der Waals surface area contributed by atoms with Gasteiger partial charge in [0.25, 0.3) is 0 Å². The Bertz CT molecular complexity index is 194. The van der Waals surface area contributed by atoms with Crippen molar-refractivity contribution in [3.63, 3.8) is 0 Å². The Labute approximate surface area is 86.7 Å². The van der Waals surface area contributed by atoms with Gasteiger partial charge >= 0.3 is 0 Å². The van der Waals surface area contributed by atoms with Crippen molar-refractivity contribution in [1.29, 1.82) is 0 Å². The van der Waals surface area contributed by atoms with E-state index in [0.717, 1.165) is 19.8 Å². The van der Waals surface area contributed by atoms with Crippen molar-refractivity contribution in [3.05, 3.63) is 11.6 Å². The Morgan fingerprint density at radius 3 is 3.14 bits per heavy atom. The maximum Gasteiger partial charge on any atom is 0.0619 e. The Balaban J connectivity index is 1.57. The first-order valence-corrected chi connectivity index (χ1v) is 5.94. The van der Waals surface area contributed by atoms with Gasteiger partial charge in [-0.2, -0.15) is 0 Å². The second-order valence-electron chi connectivity index (χ2n) is 4.37. The molecule has 1 fully saturated rings. The van der Waals surface area contributed by atoms with Crippen molar-refractivity contribution >= 4 is 0 Å². The number of allylic oxidation sites excluding steroid dienone is 1. The van der Waals surface area contributed by atoms with Crippen LogP contribution < -0.4 is 5.32 Å². The number of nitrogens with one attached hydrogen (secondary N) is 1. The quantitative estimate of drug-likeness (QED) is 0.695. The van der Waals surface area contributed by atoms with Gasteiger partial charge < -0.3 is 10.1 Å². The lowest BCUT2D eigenvalue weighted by Crippen LogP contribution is -2.37. The van der Waals surface area contributed by atoms with Crippen LogP contribution in [0, 0.1) is 0 Å². The third-order valence-electron chi connectivity index (χ3n) is 3.17. The standard InChI is InChI=1S/C12H21NO/c1-2-5-11(4-1)7-8-13-12-6-3-9-14-10-12/h4,12-13H,1-3,5-10H2. The van der Waals surface area contributed by atoms with E-state index < -0.39 is 0 Å². The van der Waals surface area contributed by atoms with Gasteiger partial charge in [-0.15, -0.1) is 0 Å². The van der Waals surface area contributed by atoms with Crippen LogP contribution in [-0.4, -0.2) is 25.8 Å². The van der Waals surface area contributed by atoms with Crippen molar-refractivity contribution < 1.29 is 4.74 Å². The third-order valence-corrected chi connectivity index (χ3v) is 3.17. The Hall–Kier alpha value is -0.340. The van der Waals surface area contributed by atoms with Crippen molar-refractivity contribution in [3.8, 4) is 0 Å². The fourth-order valence-corrected chi connectivity index (χ4v) is 2.30. The largest absolute Gasteiger partial charge is 0.380 e. The zero-order valence-electron chi connectivity index (χ0n) is 8.93. The molecule has 2 aliphatic rings.